The maximum Gasteiger partial charge on any atom is 0.341 e. The normalized spacial score (nSPS) is 10.5. The van der Waals surface area contributed by atoms with Gasteiger partial charge >= 0.3 is 5.97 Å². The van der Waals surface area contributed by atoms with E-state index in [1.165, 1.54) is 6.07 Å². The first kappa shape index (κ1) is 12.6. The van der Waals surface area contributed by atoms with Gasteiger partial charge in [0.15, 0.2) is 0 Å². The first-order valence-corrected chi connectivity index (χ1v) is 5.47. The quantitative estimate of drug-likeness (QED) is 0.797. The van der Waals surface area contributed by atoms with Gasteiger partial charge in [-0.1, -0.05) is 25.5 Å². The van der Waals surface area contributed by atoms with Crippen LogP contribution >= 0.6 is 0 Å². The maximum absolute atomic E-state index is 11.6. The minimum atomic E-state index is -0.457. The highest BCUT2D eigenvalue weighted by atomic mass is 16.5. The number of rotatable bonds is 4. The molecule has 0 amide bonds. The summed E-state index contributed by atoms with van der Waals surface area (Å²) in [7, 11) is 0. The van der Waals surface area contributed by atoms with Gasteiger partial charge < -0.3 is 9.84 Å². The minimum absolute atomic E-state index is 0.0276. The van der Waals surface area contributed by atoms with Crippen LogP contribution in [0.25, 0.3) is 0 Å². The number of phenolic OH excluding ortho intramolecular Hbond substituents is 1. The number of aryl methyl sites for hydroxylation is 1. The molecule has 0 aromatic heterocycles. The molecule has 0 atom stereocenters. The number of hydrogen-bond donors (Lipinski definition) is 1. The monoisotopic (exact) mass is 222 g/mol. The summed E-state index contributed by atoms with van der Waals surface area (Å²) in [5.74, 6) is 0.0147. The van der Waals surface area contributed by atoms with Gasteiger partial charge in [0.05, 0.1) is 6.61 Å². The predicted molar refractivity (Wildman–Crippen MR) is 62.6 cm³/mol. The minimum Gasteiger partial charge on any atom is -0.507 e. The molecule has 1 aromatic carbocycles. The highest BCUT2D eigenvalue weighted by Crippen LogP contribution is 2.19. The fourth-order valence-electron chi connectivity index (χ4n) is 1.28. The molecule has 0 spiro atoms. The van der Waals surface area contributed by atoms with Crippen molar-refractivity contribution >= 4 is 5.97 Å². The molecule has 0 aliphatic rings. The van der Waals surface area contributed by atoms with Crippen LogP contribution in [0.2, 0.25) is 0 Å². The largest absolute Gasteiger partial charge is 0.507 e. The Balaban J connectivity index is 2.62. The highest BCUT2D eigenvalue weighted by Gasteiger charge is 2.12. The summed E-state index contributed by atoms with van der Waals surface area (Å²) in [5.41, 5.74) is 1.16. The molecule has 3 nitrogen and oxygen atoms in total. The van der Waals surface area contributed by atoms with Crippen LogP contribution < -0.4 is 0 Å². The molecule has 1 N–H and O–H groups in total. The lowest BCUT2D eigenvalue weighted by Crippen LogP contribution is -2.08. The van der Waals surface area contributed by atoms with E-state index in [0.29, 0.717) is 12.5 Å². The van der Waals surface area contributed by atoms with E-state index in [9.17, 15) is 9.90 Å². The summed E-state index contributed by atoms with van der Waals surface area (Å²) >= 11 is 0. The molecule has 0 aliphatic carbocycles. The molecule has 88 valence electrons. The average molecular weight is 222 g/mol. The lowest BCUT2D eigenvalue weighted by atomic mass is 10.1. The average Bonchev–Trinajstić information content (AvgIpc) is 2.21. The van der Waals surface area contributed by atoms with Crippen LogP contribution in [0, 0.1) is 12.8 Å². The molecule has 16 heavy (non-hydrogen) atoms. The molecule has 0 bridgehead atoms. The van der Waals surface area contributed by atoms with Crippen molar-refractivity contribution in [3.63, 3.8) is 0 Å². The second-order valence-electron chi connectivity index (χ2n) is 4.34. The Morgan fingerprint density at radius 1 is 1.44 bits per heavy atom. The van der Waals surface area contributed by atoms with Crippen molar-refractivity contribution in [2.75, 3.05) is 6.61 Å². The van der Waals surface area contributed by atoms with Gasteiger partial charge in [-0.05, 0) is 31.4 Å². The number of hydrogen-bond acceptors (Lipinski definition) is 3. The van der Waals surface area contributed by atoms with Crippen LogP contribution in [-0.4, -0.2) is 17.7 Å². The van der Waals surface area contributed by atoms with E-state index in [2.05, 4.69) is 13.8 Å². The van der Waals surface area contributed by atoms with Crippen molar-refractivity contribution in [1.29, 1.82) is 0 Å². The second-order valence-corrected chi connectivity index (χ2v) is 4.34. The molecule has 1 rings (SSSR count). The van der Waals surface area contributed by atoms with Gasteiger partial charge in [0.25, 0.3) is 0 Å². The Bertz CT molecular complexity index is 369. The van der Waals surface area contributed by atoms with E-state index in [1.54, 1.807) is 12.1 Å². The number of benzene rings is 1. The topological polar surface area (TPSA) is 46.5 Å². The summed E-state index contributed by atoms with van der Waals surface area (Å²) in [6, 6.07) is 4.89. The number of carbonyl (C=O) groups excluding carboxylic acids is 1. The zero-order valence-corrected chi connectivity index (χ0v) is 9.99. The smallest absolute Gasteiger partial charge is 0.341 e. The first-order valence-electron chi connectivity index (χ1n) is 5.47. The van der Waals surface area contributed by atoms with Gasteiger partial charge in [0.1, 0.15) is 11.3 Å². The van der Waals surface area contributed by atoms with E-state index >= 15 is 0 Å². The third kappa shape index (κ3) is 3.57. The second kappa shape index (κ2) is 5.54. The zero-order chi connectivity index (χ0) is 12.1. The van der Waals surface area contributed by atoms with Gasteiger partial charge in [-0.2, -0.15) is 0 Å². The number of aromatic hydroxyl groups is 1. The summed E-state index contributed by atoms with van der Waals surface area (Å²) in [5, 5.41) is 9.51. The van der Waals surface area contributed by atoms with E-state index < -0.39 is 5.97 Å². The van der Waals surface area contributed by atoms with Crippen molar-refractivity contribution in [3.8, 4) is 5.75 Å². The fraction of sp³-hybridized carbons (Fsp3) is 0.462. The Morgan fingerprint density at radius 3 is 2.75 bits per heavy atom. The molecule has 0 heterocycles. The molecular formula is C13H18O3. The Hall–Kier alpha value is -1.51. The Labute approximate surface area is 96.1 Å². The molecule has 0 aliphatic heterocycles. The lowest BCUT2D eigenvalue weighted by Gasteiger charge is -2.08. The summed E-state index contributed by atoms with van der Waals surface area (Å²) in [6.07, 6.45) is 0.832. The number of ether oxygens (including phenoxy) is 1. The number of esters is 1. The first-order chi connectivity index (χ1) is 7.50. The van der Waals surface area contributed by atoms with Crippen LogP contribution in [-0.2, 0) is 4.74 Å². The lowest BCUT2D eigenvalue weighted by molar-refractivity contribution is 0.0484. The van der Waals surface area contributed by atoms with Crippen LogP contribution in [0.4, 0.5) is 0 Å². The third-order valence-electron chi connectivity index (χ3n) is 2.30. The molecule has 0 unspecified atom stereocenters. The van der Waals surface area contributed by atoms with Gasteiger partial charge in [-0.25, -0.2) is 4.79 Å². The van der Waals surface area contributed by atoms with Crippen LogP contribution in [0.15, 0.2) is 18.2 Å². The molecule has 1 aromatic rings. The molecular weight excluding hydrogens is 204 g/mol. The summed E-state index contributed by atoms with van der Waals surface area (Å²) in [4.78, 5) is 11.6. The van der Waals surface area contributed by atoms with Crippen LogP contribution in [0.5, 0.6) is 5.75 Å². The molecule has 3 heteroatoms. The Kier molecular flexibility index (Phi) is 4.35. The van der Waals surface area contributed by atoms with Crippen LogP contribution in [0.1, 0.15) is 36.2 Å². The van der Waals surface area contributed by atoms with E-state index in [1.807, 2.05) is 6.92 Å². The van der Waals surface area contributed by atoms with Crippen LogP contribution in [0.3, 0.4) is 0 Å². The SMILES string of the molecule is Cc1ccc(O)c(C(=O)OCCC(C)C)c1. The van der Waals surface area contributed by atoms with Gasteiger partial charge in [-0.3, -0.25) is 0 Å². The Morgan fingerprint density at radius 2 is 2.12 bits per heavy atom. The van der Waals surface area contributed by atoms with Crippen molar-refractivity contribution in [1.82, 2.24) is 0 Å². The highest BCUT2D eigenvalue weighted by molar-refractivity contribution is 5.92. The van der Waals surface area contributed by atoms with Crippen molar-refractivity contribution in [2.45, 2.75) is 27.2 Å². The van der Waals surface area contributed by atoms with E-state index in [0.717, 1.165) is 12.0 Å². The van der Waals surface area contributed by atoms with E-state index in [4.69, 9.17) is 4.74 Å². The standard InChI is InChI=1S/C13H18O3/c1-9(2)6-7-16-13(15)11-8-10(3)4-5-12(11)14/h4-5,8-9,14H,6-7H2,1-3H3. The third-order valence-corrected chi connectivity index (χ3v) is 2.30. The number of carbonyl (C=O) groups is 1. The maximum atomic E-state index is 11.6. The van der Waals surface area contributed by atoms with E-state index in [-0.39, 0.29) is 11.3 Å². The molecule has 0 fully saturated rings. The van der Waals surface area contributed by atoms with Gasteiger partial charge in [-0.15, -0.1) is 0 Å². The van der Waals surface area contributed by atoms with Gasteiger partial charge in [0.2, 0.25) is 0 Å². The van der Waals surface area contributed by atoms with Crippen molar-refractivity contribution in [2.24, 2.45) is 5.92 Å². The summed E-state index contributed by atoms with van der Waals surface area (Å²) in [6.45, 7) is 6.39. The fourth-order valence-corrected chi connectivity index (χ4v) is 1.28. The predicted octanol–water partition coefficient (Wildman–Crippen LogP) is 2.90. The molecule has 0 radical (unpaired) electrons. The zero-order valence-electron chi connectivity index (χ0n) is 9.99. The summed E-state index contributed by atoms with van der Waals surface area (Å²) < 4.78 is 5.08. The molecule has 0 saturated carbocycles. The molecule has 0 saturated heterocycles. The van der Waals surface area contributed by atoms with Crippen molar-refractivity contribution < 1.29 is 14.6 Å². The van der Waals surface area contributed by atoms with Crippen molar-refractivity contribution in [3.05, 3.63) is 29.3 Å². The van der Waals surface area contributed by atoms with Gasteiger partial charge in [0, 0.05) is 0 Å². The number of phenols is 1.